The molecule has 0 saturated carbocycles. The Morgan fingerprint density at radius 3 is 2.79 bits per heavy atom. The van der Waals surface area contributed by atoms with E-state index in [2.05, 4.69) is 15.3 Å². The number of thiophene rings is 1. The van der Waals surface area contributed by atoms with E-state index in [1.807, 2.05) is 20.8 Å². The van der Waals surface area contributed by atoms with Crippen LogP contribution in [0.4, 0.5) is 5.69 Å². The lowest BCUT2D eigenvalue weighted by Crippen LogP contribution is -2.12. The first kappa shape index (κ1) is 20.7. The highest BCUT2D eigenvalue weighted by Gasteiger charge is 2.20. The standard InChI is InChI=1S/C21H23N3O4S/c1-4-6-10-28-21(26)14-8-7-9-15(11-14)24-18(25)17-13(3)16-19(27-5-2)22-12-23-20(16)29-17/h7-9,11-12H,4-6,10H2,1-3H3,(H,24,25). The van der Waals surface area contributed by atoms with E-state index in [9.17, 15) is 9.59 Å². The second-order valence-electron chi connectivity index (χ2n) is 6.37. The van der Waals surface area contributed by atoms with Gasteiger partial charge in [0.25, 0.3) is 5.91 Å². The Hall–Kier alpha value is -3.00. The molecule has 0 fully saturated rings. The molecule has 1 N–H and O–H groups in total. The summed E-state index contributed by atoms with van der Waals surface area (Å²) in [5.41, 5.74) is 1.69. The van der Waals surface area contributed by atoms with E-state index < -0.39 is 5.97 Å². The largest absolute Gasteiger partial charge is 0.477 e. The van der Waals surface area contributed by atoms with E-state index in [0.717, 1.165) is 23.8 Å². The molecule has 0 atom stereocenters. The number of nitrogens with one attached hydrogen (secondary N) is 1. The zero-order valence-electron chi connectivity index (χ0n) is 16.7. The maximum atomic E-state index is 12.9. The maximum absolute atomic E-state index is 12.9. The number of nitrogens with zero attached hydrogens (tertiary/aromatic N) is 2. The van der Waals surface area contributed by atoms with Crippen LogP contribution >= 0.6 is 11.3 Å². The number of fused-ring (bicyclic) bond motifs is 1. The molecular weight excluding hydrogens is 390 g/mol. The van der Waals surface area contributed by atoms with E-state index in [4.69, 9.17) is 9.47 Å². The van der Waals surface area contributed by atoms with Gasteiger partial charge in [-0.3, -0.25) is 4.79 Å². The van der Waals surface area contributed by atoms with Crippen LogP contribution in [0.15, 0.2) is 30.6 Å². The molecule has 0 radical (unpaired) electrons. The van der Waals surface area contributed by atoms with Crippen LogP contribution in [0.5, 0.6) is 5.88 Å². The first-order valence-electron chi connectivity index (χ1n) is 9.50. The van der Waals surface area contributed by atoms with Gasteiger partial charge in [0.1, 0.15) is 11.2 Å². The minimum atomic E-state index is -0.399. The number of aromatic nitrogens is 2. The van der Waals surface area contributed by atoms with Crippen LogP contribution in [0.2, 0.25) is 0 Å². The van der Waals surface area contributed by atoms with Gasteiger partial charge in [0.15, 0.2) is 0 Å². The zero-order chi connectivity index (χ0) is 20.8. The van der Waals surface area contributed by atoms with Crippen molar-refractivity contribution in [1.29, 1.82) is 0 Å². The molecule has 3 aromatic rings. The lowest BCUT2D eigenvalue weighted by molar-refractivity contribution is 0.0499. The average molecular weight is 413 g/mol. The summed E-state index contributed by atoms with van der Waals surface area (Å²) in [4.78, 5) is 34.6. The van der Waals surface area contributed by atoms with Gasteiger partial charge in [-0.2, -0.15) is 0 Å². The van der Waals surface area contributed by atoms with Gasteiger partial charge in [0.05, 0.1) is 29.0 Å². The number of anilines is 1. The summed E-state index contributed by atoms with van der Waals surface area (Å²) in [6.45, 7) is 6.62. The van der Waals surface area contributed by atoms with Crippen molar-refractivity contribution in [3.05, 3.63) is 46.6 Å². The van der Waals surface area contributed by atoms with E-state index in [0.29, 0.717) is 40.1 Å². The van der Waals surface area contributed by atoms with Crippen molar-refractivity contribution in [3.63, 3.8) is 0 Å². The molecule has 152 valence electrons. The van der Waals surface area contributed by atoms with Gasteiger partial charge in [-0.1, -0.05) is 19.4 Å². The molecule has 3 rings (SSSR count). The van der Waals surface area contributed by atoms with Crippen molar-refractivity contribution in [1.82, 2.24) is 9.97 Å². The molecule has 0 unspecified atom stereocenters. The van der Waals surface area contributed by atoms with Gasteiger partial charge < -0.3 is 14.8 Å². The number of hydrogen-bond donors (Lipinski definition) is 1. The van der Waals surface area contributed by atoms with Gasteiger partial charge in [0.2, 0.25) is 5.88 Å². The highest BCUT2D eigenvalue weighted by Crippen LogP contribution is 2.34. The number of benzene rings is 1. The normalized spacial score (nSPS) is 10.7. The molecule has 0 spiro atoms. The predicted molar refractivity (Wildman–Crippen MR) is 113 cm³/mol. The third-order valence-corrected chi connectivity index (χ3v) is 5.47. The van der Waals surface area contributed by atoms with Crippen molar-refractivity contribution in [3.8, 4) is 5.88 Å². The third-order valence-electron chi connectivity index (χ3n) is 4.27. The number of unbranched alkanes of at least 4 members (excludes halogenated alkanes) is 1. The maximum Gasteiger partial charge on any atom is 0.338 e. The highest BCUT2D eigenvalue weighted by atomic mass is 32.1. The molecule has 0 aliphatic carbocycles. The Morgan fingerprint density at radius 1 is 1.21 bits per heavy atom. The van der Waals surface area contributed by atoms with Crippen LogP contribution in [0, 0.1) is 6.92 Å². The summed E-state index contributed by atoms with van der Waals surface area (Å²) >= 11 is 1.28. The van der Waals surface area contributed by atoms with Crippen LogP contribution in [0.1, 0.15) is 52.3 Å². The number of esters is 1. The topological polar surface area (TPSA) is 90.4 Å². The van der Waals surface area contributed by atoms with Crippen molar-refractivity contribution in [2.45, 2.75) is 33.6 Å². The molecule has 0 bridgehead atoms. The second kappa shape index (κ2) is 9.47. The fourth-order valence-corrected chi connectivity index (χ4v) is 3.84. The number of amides is 1. The second-order valence-corrected chi connectivity index (χ2v) is 7.37. The molecule has 0 saturated heterocycles. The van der Waals surface area contributed by atoms with Crippen molar-refractivity contribution in [2.75, 3.05) is 18.5 Å². The summed E-state index contributed by atoms with van der Waals surface area (Å²) in [5.74, 6) is -0.198. The first-order valence-corrected chi connectivity index (χ1v) is 10.3. The fraction of sp³-hybridized carbons (Fsp3) is 0.333. The Bertz CT molecular complexity index is 1030. The molecule has 29 heavy (non-hydrogen) atoms. The van der Waals surface area contributed by atoms with Crippen LogP contribution in [0.25, 0.3) is 10.2 Å². The van der Waals surface area contributed by atoms with Crippen LogP contribution in [0.3, 0.4) is 0 Å². The Labute approximate surface area is 173 Å². The molecule has 1 amide bonds. The summed E-state index contributed by atoms with van der Waals surface area (Å²) in [7, 11) is 0. The molecule has 0 aliphatic heterocycles. The van der Waals surface area contributed by atoms with Gasteiger partial charge >= 0.3 is 5.97 Å². The van der Waals surface area contributed by atoms with Crippen LogP contribution in [-0.2, 0) is 4.74 Å². The van der Waals surface area contributed by atoms with E-state index in [1.54, 1.807) is 24.3 Å². The fourth-order valence-electron chi connectivity index (χ4n) is 2.81. The number of aryl methyl sites for hydroxylation is 1. The molecule has 7 nitrogen and oxygen atoms in total. The van der Waals surface area contributed by atoms with Crippen LogP contribution < -0.4 is 10.1 Å². The first-order chi connectivity index (χ1) is 14.0. The van der Waals surface area contributed by atoms with Gasteiger partial charge in [-0.15, -0.1) is 11.3 Å². The smallest absolute Gasteiger partial charge is 0.338 e. The van der Waals surface area contributed by atoms with Crippen molar-refractivity contribution < 1.29 is 19.1 Å². The lowest BCUT2D eigenvalue weighted by Gasteiger charge is -2.08. The minimum Gasteiger partial charge on any atom is -0.477 e. The number of ether oxygens (including phenoxy) is 2. The van der Waals surface area contributed by atoms with Gasteiger partial charge in [-0.05, 0) is 44.0 Å². The summed E-state index contributed by atoms with van der Waals surface area (Å²) < 4.78 is 10.8. The van der Waals surface area contributed by atoms with Crippen molar-refractivity contribution >= 4 is 39.1 Å². The Morgan fingerprint density at radius 2 is 2.03 bits per heavy atom. The quantitative estimate of drug-likeness (QED) is 0.428. The molecule has 8 heteroatoms. The number of rotatable bonds is 8. The number of carbonyl (C=O) groups is 2. The average Bonchev–Trinajstić information content (AvgIpc) is 3.06. The molecule has 1 aromatic carbocycles. The van der Waals surface area contributed by atoms with E-state index in [-0.39, 0.29) is 5.91 Å². The third kappa shape index (κ3) is 4.71. The van der Waals surface area contributed by atoms with Gasteiger partial charge in [-0.25, -0.2) is 14.8 Å². The number of hydrogen-bond acceptors (Lipinski definition) is 7. The highest BCUT2D eigenvalue weighted by molar-refractivity contribution is 7.20. The molecule has 2 aromatic heterocycles. The van der Waals surface area contributed by atoms with E-state index in [1.165, 1.54) is 17.7 Å². The zero-order valence-corrected chi connectivity index (χ0v) is 17.5. The molecule has 0 aliphatic rings. The lowest BCUT2D eigenvalue weighted by atomic mass is 10.2. The Kier molecular flexibility index (Phi) is 6.77. The summed E-state index contributed by atoms with van der Waals surface area (Å²) in [5, 5.41) is 3.60. The summed E-state index contributed by atoms with van der Waals surface area (Å²) in [6.07, 6.45) is 3.20. The van der Waals surface area contributed by atoms with Crippen molar-refractivity contribution in [2.24, 2.45) is 0 Å². The predicted octanol–water partition coefficient (Wildman–Crippen LogP) is 4.61. The van der Waals surface area contributed by atoms with Gasteiger partial charge in [0, 0.05) is 5.69 Å². The van der Waals surface area contributed by atoms with Crippen LogP contribution in [-0.4, -0.2) is 35.1 Å². The molecule has 2 heterocycles. The summed E-state index contributed by atoms with van der Waals surface area (Å²) in [6, 6.07) is 6.72. The SMILES string of the molecule is CCCCOC(=O)c1cccc(NC(=O)c2sc3ncnc(OCC)c3c2C)c1. The monoisotopic (exact) mass is 413 g/mol. The van der Waals surface area contributed by atoms with E-state index >= 15 is 0 Å². The Balaban J connectivity index is 1.80. The molecular formula is C21H23N3O4S. The number of carbonyl (C=O) groups excluding carboxylic acids is 2. The minimum absolute atomic E-state index is 0.274.